The number of sulfonamides is 1. The van der Waals surface area contributed by atoms with Gasteiger partial charge in [-0.2, -0.15) is 4.31 Å². The fourth-order valence-corrected chi connectivity index (χ4v) is 5.74. The summed E-state index contributed by atoms with van der Waals surface area (Å²) in [6.45, 7) is 2.65. The fraction of sp³-hybridized carbons (Fsp3) is 0.611. The lowest BCUT2D eigenvalue weighted by Crippen LogP contribution is -2.49. The van der Waals surface area contributed by atoms with Crippen molar-refractivity contribution >= 4 is 16.0 Å². The Balaban J connectivity index is 1.83. The van der Waals surface area contributed by atoms with Crippen molar-refractivity contribution in [2.75, 3.05) is 13.2 Å². The summed E-state index contributed by atoms with van der Waals surface area (Å²) in [5.41, 5.74) is 0.380. The third-order valence-corrected chi connectivity index (χ3v) is 7.10. The van der Waals surface area contributed by atoms with E-state index in [1.165, 1.54) is 30.7 Å². The van der Waals surface area contributed by atoms with E-state index in [1.54, 1.807) is 11.2 Å². The lowest BCUT2D eigenvalue weighted by Gasteiger charge is -2.43. The number of benzene rings is 1. The molecule has 3 rings (SSSR count). The van der Waals surface area contributed by atoms with Gasteiger partial charge in [-0.25, -0.2) is 13.2 Å². The molecule has 0 unspecified atom stereocenters. The van der Waals surface area contributed by atoms with E-state index >= 15 is 0 Å². The van der Waals surface area contributed by atoms with Crippen LogP contribution in [0.1, 0.15) is 55.8 Å². The first-order valence-corrected chi connectivity index (χ1v) is 10.3. The highest BCUT2D eigenvalue weighted by Gasteiger charge is 2.39. The predicted octanol–water partition coefficient (Wildman–Crippen LogP) is 3.21. The smallest absolute Gasteiger partial charge is 0.338 e. The van der Waals surface area contributed by atoms with Gasteiger partial charge in [-0.3, -0.25) is 0 Å². The van der Waals surface area contributed by atoms with Crippen LogP contribution in [0.25, 0.3) is 0 Å². The maximum Gasteiger partial charge on any atom is 0.338 e. The van der Waals surface area contributed by atoms with Crippen LogP contribution in [0.15, 0.2) is 29.2 Å². The van der Waals surface area contributed by atoms with Crippen LogP contribution < -0.4 is 0 Å². The summed E-state index contributed by atoms with van der Waals surface area (Å²) in [6.07, 6.45) is 6.49. The first-order valence-electron chi connectivity index (χ1n) is 8.83. The molecular formula is C18H25NO4S. The quantitative estimate of drug-likeness (QED) is 0.782. The van der Waals surface area contributed by atoms with Gasteiger partial charge in [0.1, 0.15) is 0 Å². The molecule has 1 heterocycles. The standard InChI is InChI=1S/C18H25NO4S/c1-2-23-18(20)15-9-11-16(12-10-15)24(21,22)19-13-5-7-14-6-3-4-8-17(14)19/h9-12,14,17H,2-8,13H2,1H3/t14-,17+/m1/s1. The van der Waals surface area contributed by atoms with Crippen LogP contribution in [0.3, 0.4) is 0 Å². The number of carbonyl (C=O) groups excluding carboxylic acids is 1. The summed E-state index contributed by atoms with van der Waals surface area (Å²) in [6, 6.07) is 6.25. The zero-order valence-corrected chi connectivity index (χ0v) is 14.9. The molecular weight excluding hydrogens is 326 g/mol. The number of rotatable bonds is 4. The van der Waals surface area contributed by atoms with E-state index in [9.17, 15) is 13.2 Å². The van der Waals surface area contributed by atoms with Gasteiger partial charge in [0.25, 0.3) is 0 Å². The minimum atomic E-state index is -3.51. The number of ether oxygens (including phenoxy) is 1. The minimum absolute atomic E-state index is 0.141. The fourth-order valence-electron chi connectivity index (χ4n) is 3.99. The summed E-state index contributed by atoms with van der Waals surface area (Å²) in [4.78, 5) is 12.0. The summed E-state index contributed by atoms with van der Waals surface area (Å²) in [5.74, 6) is 0.0767. The van der Waals surface area contributed by atoms with Gasteiger partial charge >= 0.3 is 5.97 Å². The first-order chi connectivity index (χ1) is 11.5. The van der Waals surface area contributed by atoms with Crippen molar-refractivity contribution in [1.82, 2.24) is 4.31 Å². The number of fused-ring (bicyclic) bond motifs is 1. The molecule has 24 heavy (non-hydrogen) atoms. The van der Waals surface area contributed by atoms with Crippen LogP contribution in [0, 0.1) is 5.92 Å². The molecule has 1 aliphatic heterocycles. The van der Waals surface area contributed by atoms with E-state index in [4.69, 9.17) is 4.74 Å². The molecule has 1 aromatic rings. The van der Waals surface area contributed by atoms with E-state index < -0.39 is 16.0 Å². The molecule has 132 valence electrons. The average Bonchev–Trinajstić information content (AvgIpc) is 2.61. The number of piperidine rings is 1. The van der Waals surface area contributed by atoms with E-state index in [2.05, 4.69) is 0 Å². The molecule has 1 aliphatic carbocycles. The van der Waals surface area contributed by atoms with Gasteiger partial charge in [0.05, 0.1) is 17.1 Å². The second-order valence-electron chi connectivity index (χ2n) is 6.61. The maximum atomic E-state index is 13.1. The van der Waals surface area contributed by atoms with Gasteiger partial charge in [0, 0.05) is 12.6 Å². The number of hydrogen-bond donors (Lipinski definition) is 0. The predicted molar refractivity (Wildman–Crippen MR) is 91.3 cm³/mol. The van der Waals surface area contributed by atoms with E-state index in [0.29, 0.717) is 24.6 Å². The Hall–Kier alpha value is -1.40. The van der Waals surface area contributed by atoms with Crippen molar-refractivity contribution < 1.29 is 17.9 Å². The number of nitrogens with zero attached hydrogens (tertiary/aromatic N) is 1. The third kappa shape index (κ3) is 3.35. The molecule has 0 bridgehead atoms. The zero-order chi connectivity index (χ0) is 17.2. The summed E-state index contributed by atoms with van der Waals surface area (Å²) >= 11 is 0. The van der Waals surface area contributed by atoms with Crippen molar-refractivity contribution in [1.29, 1.82) is 0 Å². The van der Waals surface area contributed by atoms with Gasteiger partial charge in [-0.1, -0.05) is 12.8 Å². The second-order valence-corrected chi connectivity index (χ2v) is 8.51. The number of hydrogen-bond acceptors (Lipinski definition) is 4. The minimum Gasteiger partial charge on any atom is -0.462 e. The molecule has 2 fully saturated rings. The molecule has 0 N–H and O–H groups in total. The molecule has 0 amide bonds. The highest BCUT2D eigenvalue weighted by molar-refractivity contribution is 7.89. The SMILES string of the molecule is CCOC(=O)c1ccc(S(=O)(=O)N2CCC[C@H]3CCCC[C@@H]32)cc1. The van der Waals surface area contributed by atoms with Crippen LogP contribution in [-0.2, 0) is 14.8 Å². The van der Waals surface area contributed by atoms with E-state index in [0.717, 1.165) is 32.1 Å². The van der Waals surface area contributed by atoms with Crippen LogP contribution in [0.5, 0.6) is 0 Å². The Morgan fingerprint density at radius 1 is 1.12 bits per heavy atom. The van der Waals surface area contributed by atoms with Gasteiger partial charge < -0.3 is 4.74 Å². The molecule has 0 radical (unpaired) electrons. The van der Waals surface area contributed by atoms with Crippen molar-refractivity contribution in [2.24, 2.45) is 5.92 Å². The molecule has 1 aromatic carbocycles. The molecule has 5 nitrogen and oxygen atoms in total. The molecule has 1 saturated carbocycles. The van der Waals surface area contributed by atoms with Crippen molar-refractivity contribution in [3.63, 3.8) is 0 Å². The number of carbonyl (C=O) groups is 1. The second kappa shape index (κ2) is 7.23. The lowest BCUT2D eigenvalue weighted by molar-refractivity contribution is 0.0526. The van der Waals surface area contributed by atoms with Crippen LogP contribution in [0.4, 0.5) is 0 Å². The van der Waals surface area contributed by atoms with Gasteiger partial charge in [0.2, 0.25) is 10.0 Å². The Bertz CT molecular complexity index is 681. The molecule has 0 spiro atoms. The van der Waals surface area contributed by atoms with Crippen LogP contribution in [-0.4, -0.2) is 37.9 Å². The van der Waals surface area contributed by atoms with Crippen LogP contribution in [0.2, 0.25) is 0 Å². The zero-order valence-electron chi connectivity index (χ0n) is 14.1. The van der Waals surface area contributed by atoms with Gasteiger partial charge in [0.15, 0.2) is 0 Å². The first kappa shape index (κ1) is 17.4. The molecule has 2 atom stereocenters. The molecule has 6 heteroatoms. The Morgan fingerprint density at radius 2 is 1.79 bits per heavy atom. The average molecular weight is 351 g/mol. The van der Waals surface area contributed by atoms with E-state index in [1.807, 2.05) is 0 Å². The van der Waals surface area contributed by atoms with Gasteiger partial charge in [-0.15, -0.1) is 0 Å². The topological polar surface area (TPSA) is 63.7 Å². The maximum absolute atomic E-state index is 13.1. The lowest BCUT2D eigenvalue weighted by atomic mass is 9.79. The van der Waals surface area contributed by atoms with Crippen molar-refractivity contribution in [3.8, 4) is 0 Å². The van der Waals surface area contributed by atoms with Gasteiger partial charge in [-0.05, 0) is 62.8 Å². The van der Waals surface area contributed by atoms with Crippen molar-refractivity contribution in [2.45, 2.75) is 56.4 Å². The normalized spacial score (nSPS) is 25.0. The Morgan fingerprint density at radius 3 is 2.50 bits per heavy atom. The molecule has 1 saturated heterocycles. The highest BCUT2D eigenvalue weighted by atomic mass is 32.2. The van der Waals surface area contributed by atoms with Crippen molar-refractivity contribution in [3.05, 3.63) is 29.8 Å². The monoisotopic (exact) mass is 351 g/mol. The summed E-state index contributed by atoms with van der Waals surface area (Å²) in [7, 11) is -3.51. The summed E-state index contributed by atoms with van der Waals surface area (Å²) in [5, 5.41) is 0. The molecule has 0 aromatic heterocycles. The largest absolute Gasteiger partial charge is 0.462 e. The highest BCUT2D eigenvalue weighted by Crippen LogP contribution is 2.38. The number of esters is 1. The summed E-state index contributed by atoms with van der Waals surface area (Å²) < 4.78 is 32.8. The van der Waals surface area contributed by atoms with E-state index in [-0.39, 0.29) is 10.9 Å². The third-order valence-electron chi connectivity index (χ3n) is 5.16. The van der Waals surface area contributed by atoms with Crippen LogP contribution >= 0.6 is 0 Å². The Kier molecular flexibility index (Phi) is 5.25. The molecule has 2 aliphatic rings. The Labute approximate surface area is 144 Å².